The molecule has 0 aromatic heterocycles. The third-order valence-electron chi connectivity index (χ3n) is 3.37. The maximum Gasteiger partial charge on any atom is 0.118 e. The van der Waals surface area contributed by atoms with Crippen molar-refractivity contribution in [3.63, 3.8) is 0 Å². The monoisotopic (exact) mass is 320 g/mol. The van der Waals surface area contributed by atoms with Gasteiger partial charge in [-0.2, -0.15) is 5.48 Å². The third kappa shape index (κ3) is 3.98. The van der Waals surface area contributed by atoms with Crippen molar-refractivity contribution in [2.24, 2.45) is 5.16 Å². The fourth-order valence-corrected chi connectivity index (χ4v) is 2.25. The summed E-state index contributed by atoms with van der Waals surface area (Å²) in [4.78, 5) is 0. The molecule has 0 saturated carbocycles. The number of nitrogens with one attached hydrogen (secondary N) is 1. The molecule has 1 unspecified atom stereocenters. The van der Waals surface area contributed by atoms with Crippen LogP contribution in [0.2, 0.25) is 5.02 Å². The standard InChI is InChI=1S/C16H17ClN2O3/c1-22-14-8-4-12(5-9-14)16(19-21)10-15(18-20)11-2-6-13(17)7-3-11/h2-9,16,19-21H,10H2,1H3/b18-15+. The lowest BCUT2D eigenvalue weighted by Gasteiger charge is -2.16. The lowest BCUT2D eigenvalue weighted by Crippen LogP contribution is -2.21. The molecule has 0 aliphatic carbocycles. The second-order valence-electron chi connectivity index (χ2n) is 4.71. The van der Waals surface area contributed by atoms with Crippen molar-refractivity contribution >= 4 is 17.3 Å². The quantitative estimate of drug-likeness (QED) is 0.431. The van der Waals surface area contributed by atoms with Crippen molar-refractivity contribution in [2.45, 2.75) is 12.5 Å². The van der Waals surface area contributed by atoms with Crippen LogP contribution < -0.4 is 10.2 Å². The molecule has 22 heavy (non-hydrogen) atoms. The van der Waals surface area contributed by atoms with E-state index >= 15 is 0 Å². The maximum atomic E-state index is 9.40. The fourth-order valence-electron chi connectivity index (χ4n) is 2.13. The van der Waals surface area contributed by atoms with Crippen LogP contribution in [0.15, 0.2) is 53.7 Å². The zero-order chi connectivity index (χ0) is 15.9. The Balaban J connectivity index is 2.18. The summed E-state index contributed by atoms with van der Waals surface area (Å²) in [5, 5.41) is 22.6. The number of halogens is 1. The van der Waals surface area contributed by atoms with Gasteiger partial charge in [0.15, 0.2) is 0 Å². The largest absolute Gasteiger partial charge is 0.497 e. The molecule has 0 radical (unpaired) electrons. The van der Waals surface area contributed by atoms with Crippen molar-refractivity contribution in [3.8, 4) is 5.75 Å². The Kier molecular flexibility index (Phi) is 5.77. The van der Waals surface area contributed by atoms with E-state index < -0.39 is 6.04 Å². The number of hydrogen-bond acceptors (Lipinski definition) is 5. The highest BCUT2D eigenvalue weighted by Crippen LogP contribution is 2.22. The minimum Gasteiger partial charge on any atom is -0.497 e. The first-order valence-corrected chi connectivity index (χ1v) is 7.06. The summed E-state index contributed by atoms with van der Waals surface area (Å²) in [7, 11) is 1.59. The van der Waals surface area contributed by atoms with Gasteiger partial charge in [-0.1, -0.05) is 41.0 Å². The Labute approximate surface area is 133 Å². The predicted molar refractivity (Wildman–Crippen MR) is 85.0 cm³/mol. The molecule has 0 heterocycles. The lowest BCUT2D eigenvalue weighted by atomic mass is 9.98. The number of hydroxylamine groups is 1. The molecule has 0 aliphatic heterocycles. The minimum absolute atomic E-state index is 0.307. The summed E-state index contributed by atoms with van der Waals surface area (Å²) in [6.07, 6.45) is 0.307. The van der Waals surface area contributed by atoms with Gasteiger partial charge in [-0.15, -0.1) is 0 Å². The predicted octanol–water partition coefficient (Wildman–Crippen LogP) is 3.64. The second kappa shape index (κ2) is 7.79. The molecule has 1 atom stereocenters. The zero-order valence-corrected chi connectivity index (χ0v) is 12.8. The van der Waals surface area contributed by atoms with E-state index in [1.54, 1.807) is 43.5 Å². The van der Waals surface area contributed by atoms with Crippen LogP contribution >= 0.6 is 11.6 Å². The summed E-state index contributed by atoms with van der Waals surface area (Å²) in [6.45, 7) is 0. The molecule has 0 spiro atoms. The molecule has 2 aromatic carbocycles. The summed E-state index contributed by atoms with van der Waals surface area (Å²) in [5.74, 6) is 0.731. The molecule has 2 aromatic rings. The second-order valence-corrected chi connectivity index (χ2v) is 5.15. The van der Waals surface area contributed by atoms with Crippen LogP contribution in [0.25, 0.3) is 0 Å². The van der Waals surface area contributed by atoms with Crippen molar-refractivity contribution < 1.29 is 15.2 Å². The summed E-state index contributed by atoms with van der Waals surface area (Å²) < 4.78 is 5.11. The van der Waals surface area contributed by atoms with E-state index in [1.807, 2.05) is 12.1 Å². The van der Waals surface area contributed by atoms with Crippen LogP contribution in [-0.4, -0.2) is 23.2 Å². The first-order chi connectivity index (χ1) is 10.7. The number of ether oxygens (including phenoxy) is 1. The van der Waals surface area contributed by atoms with E-state index in [4.69, 9.17) is 16.3 Å². The molecular formula is C16H17ClN2O3. The van der Waals surface area contributed by atoms with Crippen molar-refractivity contribution in [1.29, 1.82) is 0 Å². The number of oxime groups is 1. The van der Waals surface area contributed by atoms with Crippen LogP contribution in [0.4, 0.5) is 0 Å². The first-order valence-electron chi connectivity index (χ1n) is 6.68. The number of benzene rings is 2. The molecule has 3 N–H and O–H groups in total. The average Bonchev–Trinajstić information content (AvgIpc) is 2.57. The van der Waals surface area contributed by atoms with Gasteiger partial charge in [0.1, 0.15) is 5.75 Å². The van der Waals surface area contributed by atoms with Gasteiger partial charge < -0.3 is 15.2 Å². The van der Waals surface area contributed by atoms with Crippen molar-refractivity contribution in [3.05, 3.63) is 64.7 Å². The average molecular weight is 321 g/mol. The van der Waals surface area contributed by atoms with Crippen molar-refractivity contribution in [2.75, 3.05) is 7.11 Å². The van der Waals surface area contributed by atoms with Crippen molar-refractivity contribution in [1.82, 2.24) is 5.48 Å². The summed E-state index contributed by atoms with van der Waals surface area (Å²) in [5.41, 5.74) is 4.27. The first kappa shape index (κ1) is 16.3. The normalized spacial score (nSPS) is 13.0. The van der Waals surface area contributed by atoms with Crippen LogP contribution in [0.1, 0.15) is 23.6 Å². The van der Waals surface area contributed by atoms with E-state index in [-0.39, 0.29) is 0 Å². The zero-order valence-electron chi connectivity index (χ0n) is 12.0. The third-order valence-corrected chi connectivity index (χ3v) is 3.62. The number of methoxy groups -OCH3 is 1. The minimum atomic E-state index is -0.410. The smallest absolute Gasteiger partial charge is 0.118 e. The Morgan fingerprint density at radius 1 is 1.18 bits per heavy atom. The molecule has 0 bridgehead atoms. The molecule has 6 heteroatoms. The summed E-state index contributed by atoms with van der Waals surface area (Å²) in [6, 6.07) is 13.8. The highest BCUT2D eigenvalue weighted by molar-refractivity contribution is 6.30. The van der Waals surface area contributed by atoms with Gasteiger partial charge in [-0.3, -0.25) is 0 Å². The van der Waals surface area contributed by atoms with Gasteiger partial charge in [0, 0.05) is 11.4 Å². The van der Waals surface area contributed by atoms with E-state index in [9.17, 15) is 10.4 Å². The SMILES string of the molecule is COc1ccc(C(C/C(=N\O)c2ccc(Cl)cc2)NO)cc1. The molecule has 116 valence electrons. The number of rotatable bonds is 6. The molecule has 0 saturated heterocycles. The molecular weight excluding hydrogens is 304 g/mol. The molecule has 0 aliphatic rings. The van der Waals surface area contributed by atoms with E-state index in [0.29, 0.717) is 17.2 Å². The molecule has 0 amide bonds. The Morgan fingerprint density at radius 2 is 1.82 bits per heavy atom. The maximum absolute atomic E-state index is 9.40. The Morgan fingerprint density at radius 3 is 2.32 bits per heavy atom. The van der Waals surface area contributed by atoms with Crippen LogP contribution in [0.3, 0.4) is 0 Å². The van der Waals surface area contributed by atoms with Gasteiger partial charge in [0.25, 0.3) is 0 Å². The summed E-state index contributed by atoms with van der Waals surface area (Å²) >= 11 is 5.85. The molecule has 5 nitrogen and oxygen atoms in total. The lowest BCUT2D eigenvalue weighted by molar-refractivity contribution is 0.128. The topological polar surface area (TPSA) is 74.1 Å². The van der Waals surface area contributed by atoms with Gasteiger partial charge >= 0.3 is 0 Å². The Hall–Kier alpha value is -2.08. The highest BCUT2D eigenvalue weighted by Gasteiger charge is 2.16. The van der Waals surface area contributed by atoms with Crippen LogP contribution in [0, 0.1) is 0 Å². The van der Waals surface area contributed by atoms with Gasteiger partial charge in [0.05, 0.1) is 18.9 Å². The fraction of sp³-hybridized carbons (Fsp3) is 0.188. The highest BCUT2D eigenvalue weighted by atomic mass is 35.5. The Bertz CT molecular complexity index is 627. The van der Waals surface area contributed by atoms with E-state index in [0.717, 1.165) is 16.9 Å². The van der Waals surface area contributed by atoms with Crippen LogP contribution in [-0.2, 0) is 0 Å². The van der Waals surface area contributed by atoms with E-state index in [1.165, 1.54) is 0 Å². The van der Waals surface area contributed by atoms with Gasteiger partial charge in [0.2, 0.25) is 0 Å². The van der Waals surface area contributed by atoms with Gasteiger partial charge in [-0.25, -0.2) is 0 Å². The van der Waals surface area contributed by atoms with E-state index in [2.05, 4.69) is 10.6 Å². The van der Waals surface area contributed by atoms with Crippen LogP contribution in [0.5, 0.6) is 5.75 Å². The molecule has 2 rings (SSSR count). The molecule has 0 fully saturated rings. The van der Waals surface area contributed by atoms with Gasteiger partial charge in [-0.05, 0) is 35.4 Å². The number of nitrogens with zero attached hydrogens (tertiary/aromatic N) is 1. The number of hydrogen-bond donors (Lipinski definition) is 3.